The Morgan fingerprint density at radius 2 is 2.28 bits per heavy atom. The van der Waals surface area contributed by atoms with Gasteiger partial charge in [-0.05, 0) is 24.8 Å². The molecule has 1 heterocycles. The Labute approximate surface area is 106 Å². The van der Waals surface area contributed by atoms with E-state index in [0.29, 0.717) is 13.1 Å². The predicted molar refractivity (Wildman–Crippen MR) is 68.4 cm³/mol. The lowest BCUT2D eigenvalue weighted by atomic mass is 10.2. The summed E-state index contributed by atoms with van der Waals surface area (Å²) in [5.74, 6) is -0.0288. The van der Waals surface area contributed by atoms with E-state index in [9.17, 15) is 9.59 Å². The maximum Gasteiger partial charge on any atom is 0.267 e. The van der Waals surface area contributed by atoms with Crippen molar-refractivity contribution < 1.29 is 4.79 Å². The number of hydrogen-bond donors (Lipinski definition) is 1. The van der Waals surface area contributed by atoms with Crippen LogP contribution in [-0.4, -0.2) is 22.2 Å². The van der Waals surface area contributed by atoms with E-state index >= 15 is 0 Å². The molecule has 2 rings (SSSR count). The van der Waals surface area contributed by atoms with Crippen LogP contribution in [0.15, 0.2) is 10.9 Å². The molecule has 0 aliphatic heterocycles. The van der Waals surface area contributed by atoms with Crippen molar-refractivity contribution in [2.75, 3.05) is 6.54 Å². The third-order valence-corrected chi connectivity index (χ3v) is 3.17. The lowest BCUT2D eigenvalue weighted by Crippen LogP contribution is -2.34. The first-order chi connectivity index (χ1) is 8.58. The average Bonchev–Trinajstić information content (AvgIpc) is 2.75. The van der Waals surface area contributed by atoms with Crippen molar-refractivity contribution in [3.05, 3.63) is 27.7 Å². The Kier molecular flexibility index (Phi) is 3.79. The van der Waals surface area contributed by atoms with Crippen LogP contribution >= 0.6 is 0 Å². The van der Waals surface area contributed by atoms with Crippen LogP contribution in [0.4, 0.5) is 0 Å². The molecule has 5 heteroatoms. The van der Waals surface area contributed by atoms with Crippen molar-refractivity contribution in [1.82, 2.24) is 15.1 Å². The zero-order valence-corrected chi connectivity index (χ0v) is 10.9. The number of rotatable bonds is 4. The Bertz CT molecular complexity index is 505. The molecule has 0 saturated heterocycles. The molecule has 5 nitrogen and oxygen atoms in total. The van der Waals surface area contributed by atoms with Gasteiger partial charge in [0.05, 0.1) is 12.2 Å². The van der Waals surface area contributed by atoms with Crippen LogP contribution in [0.1, 0.15) is 31.5 Å². The van der Waals surface area contributed by atoms with Crippen LogP contribution in [0.2, 0.25) is 0 Å². The first-order valence-corrected chi connectivity index (χ1v) is 6.45. The molecule has 98 valence electrons. The molecule has 0 spiro atoms. The van der Waals surface area contributed by atoms with Gasteiger partial charge in [0.15, 0.2) is 0 Å². The molecule has 1 N–H and O–H groups in total. The number of nitrogens with one attached hydrogen (secondary N) is 1. The summed E-state index contributed by atoms with van der Waals surface area (Å²) in [6.07, 6.45) is 2.99. The summed E-state index contributed by atoms with van der Waals surface area (Å²) >= 11 is 0. The smallest absolute Gasteiger partial charge is 0.267 e. The molecular formula is C13H19N3O2. The minimum absolute atomic E-state index is 0.00390. The first-order valence-electron chi connectivity index (χ1n) is 6.45. The number of aryl methyl sites for hydroxylation is 2. The molecule has 0 radical (unpaired) electrons. The number of carbonyl (C=O) groups excluding carboxylic acids is 1. The maximum atomic E-state index is 11.8. The molecule has 0 aromatic carbocycles. The van der Waals surface area contributed by atoms with Gasteiger partial charge in [-0.1, -0.05) is 13.8 Å². The van der Waals surface area contributed by atoms with E-state index in [1.165, 1.54) is 4.68 Å². The Morgan fingerprint density at radius 1 is 1.50 bits per heavy atom. The molecule has 0 saturated carbocycles. The van der Waals surface area contributed by atoms with E-state index in [1.807, 2.05) is 13.8 Å². The van der Waals surface area contributed by atoms with E-state index in [1.54, 1.807) is 6.07 Å². The number of aromatic nitrogens is 2. The zero-order chi connectivity index (χ0) is 13.1. The Morgan fingerprint density at radius 3 is 3.00 bits per heavy atom. The van der Waals surface area contributed by atoms with E-state index in [-0.39, 0.29) is 17.4 Å². The summed E-state index contributed by atoms with van der Waals surface area (Å²) in [5.41, 5.74) is 2.04. The second kappa shape index (κ2) is 5.33. The highest BCUT2D eigenvalue weighted by atomic mass is 16.2. The number of nitrogens with zero attached hydrogens (tertiary/aromatic N) is 2. The highest BCUT2D eigenvalue weighted by Gasteiger charge is 2.14. The maximum absolute atomic E-state index is 11.8. The van der Waals surface area contributed by atoms with E-state index < -0.39 is 0 Å². The van der Waals surface area contributed by atoms with Gasteiger partial charge in [0.25, 0.3) is 5.56 Å². The second-order valence-corrected chi connectivity index (χ2v) is 4.98. The fourth-order valence-corrected chi connectivity index (χ4v) is 2.09. The number of carbonyl (C=O) groups is 1. The van der Waals surface area contributed by atoms with Crippen LogP contribution in [-0.2, 0) is 24.2 Å². The van der Waals surface area contributed by atoms with Crippen LogP contribution in [0.25, 0.3) is 0 Å². The molecular weight excluding hydrogens is 230 g/mol. The summed E-state index contributed by atoms with van der Waals surface area (Å²) < 4.78 is 1.45. The standard InChI is InChI=1S/C13H19N3O2/c1-9(2)13(18)14-6-7-16-12(17)8-10-4-3-5-11(10)15-16/h8-9H,3-7H2,1-2H3,(H,14,18). The molecule has 0 atom stereocenters. The van der Waals surface area contributed by atoms with E-state index in [0.717, 1.165) is 30.5 Å². The van der Waals surface area contributed by atoms with Gasteiger partial charge >= 0.3 is 0 Å². The lowest BCUT2D eigenvalue weighted by molar-refractivity contribution is -0.124. The zero-order valence-electron chi connectivity index (χ0n) is 10.9. The molecule has 1 amide bonds. The molecule has 1 aliphatic carbocycles. The van der Waals surface area contributed by atoms with E-state index in [4.69, 9.17) is 0 Å². The highest BCUT2D eigenvalue weighted by Crippen LogP contribution is 2.16. The van der Waals surface area contributed by atoms with Crippen molar-refractivity contribution in [2.24, 2.45) is 5.92 Å². The van der Waals surface area contributed by atoms with Gasteiger partial charge in [0, 0.05) is 18.5 Å². The first kappa shape index (κ1) is 12.8. The minimum Gasteiger partial charge on any atom is -0.354 e. The van der Waals surface area contributed by atoms with Crippen LogP contribution < -0.4 is 10.9 Å². The van der Waals surface area contributed by atoms with Crippen LogP contribution in [0, 0.1) is 5.92 Å². The molecule has 0 fully saturated rings. The fourth-order valence-electron chi connectivity index (χ4n) is 2.09. The molecule has 0 bridgehead atoms. The predicted octanol–water partition coefficient (Wildman–Crippen LogP) is 0.504. The largest absolute Gasteiger partial charge is 0.354 e. The summed E-state index contributed by atoms with van der Waals surface area (Å²) in [4.78, 5) is 23.2. The van der Waals surface area contributed by atoms with Gasteiger partial charge in [-0.2, -0.15) is 5.10 Å². The van der Waals surface area contributed by atoms with Crippen molar-refractivity contribution in [3.8, 4) is 0 Å². The number of amides is 1. The molecule has 18 heavy (non-hydrogen) atoms. The molecule has 1 aromatic heterocycles. The SMILES string of the molecule is CC(C)C(=O)NCCn1nc2c(cc1=O)CCC2. The third-order valence-electron chi connectivity index (χ3n) is 3.17. The molecule has 1 aromatic rings. The quantitative estimate of drug-likeness (QED) is 0.845. The Hall–Kier alpha value is -1.65. The van der Waals surface area contributed by atoms with Gasteiger partial charge < -0.3 is 5.32 Å². The minimum atomic E-state index is -0.0746. The third kappa shape index (κ3) is 2.78. The summed E-state index contributed by atoms with van der Waals surface area (Å²) in [6, 6.07) is 1.68. The molecule has 0 unspecified atom stereocenters. The Balaban J connectivity index is 1.98. The van der Waals surface area contributed by atoms with Crippen molar-refractivity contribution >= 4 is 5.91 Å². The van der Waals surface area contributed by atoms with Crippen molar-refractivity contribution in [1.29, 1.82) is 0 Å². The summed E-state index contributed by atoms with van der Waals surface area (Å²) in [6.45, 7) is 4.57. The van der Waals surface area contributed by atoms with Crippen LogP contribution in [0.3, 0.4) is 0 Å². The summed E-state index contributed by atoms with van der Waals surface area (Å²) in [5, 5.41) is 7.13. The fraction of sp³-hybridized carbons (Fsp3) is 0.615. The number of fused-ring (bicyclic) bond motifs is 1. The average molecular weight is 249 g/mol. The molecule has 1 aliphatic rings. The van der Waals surface area contributed by atoms with E-state index in [2.05, 4.69) is 10.4 Å². The summed E-state index contributed by atoms with van der Waals surface area (Å²) in [7, 11) is 0. The lowest BCUT2D eigenvalue weighted by Gasteiger charge is -2.09. The van der Waals surface area contributed by atoms with Crippen molar-refractivity contribution in [3.63, 3.8) is 0 Å². The second-order valence-electron chi connectivity index (χ2n) is 4.98. The van der Waals surface area contributed by atoms with Gasteiger partial charge in [-0.25, -0.2) is 4.68 Å². The topological polar surface area (TPSA) is 64.0 Å². The highest BCUT2D eigenvalue weighted by molar-refractivity contribution is 5.77. The van der Waals surface area contributed by atoms with Gasteiger partial charge in [0.2, 0.25) is 5.91 Å². The van der Waals surface area contributed by atoms with Crippen LogP contribution in [0.5, 0.6) is 0 Å². The van der Waals surface area contributed by atoms with Gasteiger partial charge in [-0.3, -0.25) is 9.59 Å². The monoisotopic (exact) mass is 249 g/mol. The van der Waals surface area contributed by atoms with Crippen molar-refractivity contribution in [2.45, 2.75) is 39.7 Å². The normalized spacial score (nSPS) is 13.7. The van der Waals surface area contributed by atoms with Gasteiger partial charge in [-0.15, -0.1) is 0 Å². The van der Waals surface area contributed by atoms with Gasteiger partial charge in [0.1, 0.15) is 0 Å². The number of hydrogen-bond acceptors (Lipinski definition) is 3.